The predicted octanol–water partition coefficient (Wildman–Crippen LogP) is 3.35. The molecule has 2 rings (SSSR count). The summed E-state index contributed by atoms with van der Waals surface area (Å²) in [6, 6.07) is 6.37. The average molecular weight is 402 g/mol. The molecule has 3 amide bonds. The summed E-state index contributed by atoms with van der Waals surface area (Å²) >= 11 is 0. The minimum Gasteiger partial charge on any atom is -0.459 e. The number of hydrogen-bond donors (Lipinski definition) is 1. The van der Waals surface area contributed by atoms with Crippen LogP contribution in [0.15, 0.2) is 35.9 Å². The van der Waals surface area contributed by atoms with E-state index in [2.05, 4.69) is 0 Å². The molecule has 1 aliphatic heterocycles. The van der Waals surface area contributed by atoms with Crippen LogP contribution in [0.1, 0.15) is 47.1 Å². The lowest BCUT2D eigenvalue weighted by molar-refractivity contribution is -0.157. The zero-order chi connectivity index (χ0) is 21.9. The second kappa shape index (κ2) is 8.68. The van der Waals surface area contributed by atoms with Gasteiger partial charge in [-0.15, -0.1) is 0 Å². The van der Waals surface area contributed by atoms with Gasteiger partial charge in [-0.3, -0.25) is 9.59 Å². The van der Waals surface area contributed by atoms with Gasteiger partial charge in [0.2, 0.25) is 0 Å². The predicted molar refractivity (Wildman–Crippen MR) is 112 cm³/mol. The van der Waals surface area contributed by atoms with Gasteiger partial charge in [0.1, 0.15) is 12.1 Å². The Balaban J connectivity index is 2.37. The first-order valence-electron chi connectivity index (χ1n) is 9.79. The lowest BCUT2D eigenvalue weighted by Crippen LogP contribution is -2.60. The van der Waals surface area contributed by atoms with Crippen molar-refractivity contribution in [2.75, 3.05) is 12.3 Å². The third-order valence-corrected chi connectivity index (χ3v) is 4.61. The summed E-state index contributed by atoms with van der Waals surface area (Å²) in [5.74, 6) is -1.05. The van der Waals surface area contributed by atoms with Crippen LogP contribution in [-0.4, -0.2) is 45.9 Å². The molecular formula is C22H31N3O4. The quantitative estimate of drug-likeness (QED) is 0.464. The summed E-state index contributed by atoms with van der Waals surface area (Å²) in [5, 5.41) is 0. The van der Waals surface area contributed by atoms with Gasteiger partial charge in [-0.2, -0.15) is 0 Å². The fraction of sp³-hybridized carbons (Fsp3) is 0.500. The third kappa shape index (κ3) is 5.37. The Kier molecular flexibility index (Phi) is 6.72. The maximum atomic E-state index is 13.3. The van der Waals surface area contributed by atoms with E-state index in [1.807, 2.05) is 26.0 Å². The summed E-state index contributed by atoms with van der Waals surface area (Å²) < 4.78 is 5.31. The van der Waals surface area contributed by atoms with Gasteiger partial charge in [0.15, 0.2) is 0 Å². The second-order valence-corrected chi connectivity index (χ2v) is 8.56. The van der Waals surface area contributed by atoms with Crippen molar-refractivity contribution in [1.82, 2.24) is 9.80 Å². The molecule has 29 heavy (non-hydrogen) atoms. The Labute approximate surface area is 172 Å². The molecule has 1 aromatic rings. The highest BCUT2D eigenvalue weighted by atomic mass is 16.6. The molecule has 0 bridgehead atoms. The van der Waals surface area contributed by atoms with E-state index in [1.165, 1.54) is 0 Å². The molecule has 2 N–H and O–H groups in total. The Hall–Kier alpha value is -2.83. The van der Waals surface area contributed by atoms with Crippen LogP contribution in [0.5, 0.6) is 0 Å². The monoisotopic (exact) mass is 401 g/mol. The molecule has 0 saturated carbocycles. The first-order valence-corrected chi connectivity index (χ1v) is 9.79. The van der Waals surface area contributed by atoms with E-state index in [0.717, 1.165) is 10.5 Å². The number of esters is 1. The summed E-state index contributed by atoms with van der Waals surface area (Å²) in [4.78, 5) is 41.2. The van der Waals surface area contributed by atoms with Gasteiger partial charge < -0.3 is 15.4 Å². The molecule has 158 valence electrons. The lowest BCUT2D eigenvalue weighted by Gasteiger charge is -2.43. The topological polar surface area (TPSA) is 92.9 Å². The van der Waals surface area contributed by atoms with Gasteiger partial charge in [-0.05, 0) is 51.3 Å². The Morgan fingerprint density at radius 2 is 1.79 bits per heavy atom. The van der Waals surface area contributed by atoms with Crippen molar-refractivity contribution in [3.63, 3.8) is 0 Å². The van der Waals surface area contributed by atoms with Crippen LogP contribution in [0.2, 0.25) is 0 Å². The number of nitrogens with two attached hydrogens (primary N) is 1. The second-order valence-electron chi connectivity index (χ2n) is 8.56. The summed E-state index contributed by atoms with van der Waals surface area (Å²) in [6.45, 7) is 10.8. The highest BCUT2D eigenvalue weighted by Crippen LogP contribution is 2.30. The molecule has 1 atom stereocenters. The number of carbonyl (C=O) groups is 3. The average Bonchev–Trinajstić information content (AvgIpc) is 2.60. The molecule has 0 spiro atoms. The number of nitrogen functional groups attached to an aromatic ring is 1. The minimum absolute atomic E-state index is 0.0200. The van der Waals surface area contributed by atoms with Gasteiger partial charge in [0.25, 0.3) is 5.91 Å². The number of nitrogens with zero attached hydrogens (tertiary/aromatic N) is 2. The molecular weight excluding hydrogens is 370 g/mol. The van der Waals surface area contributed by atoms with Crippen LogP contribution < -0.4 is 5.73 Å². The van der Waals surface area contributed by atoms with Crippen LogP contribution in [0.25, 0.3) is 0 Å². The van der Waals surface area contributed by atoms with Gasteiger partial charge in [-0.25, -0.2) is 9.69 Å². The van der Waals surface area contributed by atoms with Crippen LogP contribution in [0.3, 0.4) is 0 Å². The molecule has 1 heterocycles. The van der Waals surface area contributed by atoms with E-state index in [1.54, 1.807) is 50.8 Å². The first-order chi connectivity index (χ1) is 13.4. The van der Waals surface area contributed by atoms with Crippen molar-refractivity contribution in [2.24, 2.45) is 5.92 Å². The number of benzene rings is 1. The van der Waals surface area contributed by atoms with Crippen molar-refractivity contribution >= 4 is 23.6 Å². The molecule has 0 radical (unpaired) electrons. The maximum Gasteiger partial charge on any atom is 0.328 e. The zero-order valence-corrected chi connectivity index (χ0v) is 18.1. The summed E-state index contributed by atoms with van der Waals surface area (Å²) in [5.41, 5.74) is 7.08. The van der Waals surface area contributed by atoms with Gasteiger partial charge in [0.05, 0.1) is 6.04 Å². The Morgan fingerprint density at radius 3 is 2.28 bits per heavy atom. The minimum atomic E-state index is -0.702. The number of anilines is 1. The van der Waals surface area contributed by atoms with E-state index < -0.39 is 30.1 Å². The molecule has 1 aromatic carbocycles. The molecule has 7 nitrogen and oxygen atoms in total. The number of imide groups is 1. The van der Waals surface area contributed by atoms with Crippen LogP contribution >= 0.6 is 0 Å². The molecule has 7 heteroatoms. The van der Waals surface area contributed by atoms with Crippen molar-refractivity contribution in [1.29, 1.82) is 0 Å². The number of rotatable bonds is 5. The molecule has 0 aliphatic carbocycles. The van der Waals surface area contributed by atoms with Crippen LogP contribution in [0, 0.1) is 5.92 Å². The highest BCUT2D eigenvalue weighted by molar-refractivity contribution is 6.09. The summed E-state index contributed by atoms with van der Waals surface area (Å²) in [6.07, 6.45) is 1.72. The van der Waals surface area contributed by atoms with Gasteiger partial charge >= 0.3 is 12.0 Å². The summed E-state index contributed by atoms with van der Waals surface area (Å²) in [7, 11) is 0. The van der Waals surface area contributed by atoms with Gasteiger partial charge in [-0.1, -0.05) is 32.1 Å². The fourth-order valence-corrected chi connectivity index (χ4v) is 3.45. The largest absolute Gasteiger partial charge is 0.459 e. The van der Waals surface area contributed by atoms with Crippen molar-refractivity contribution in [3.8, 4) is 0 Å². The van der Waals surface area contributed by atoms with Crippen molar-refractivity contribution in [3.05, 3.63) is 41.5 Å². The molecule has 1 fully saturated rings. The zero-order valence-electron chi connectivity index (χ0n) is 18.1. The number of hydrogen-bond acceptors (Lipinski definition) is 5. The SMILES string of the molecule is C/C=C1\C(=O)N(CC(=O)OC(C)(C)C)C(=O)N(Cc2ccc(N)cc2)C1C(C)C. The number of urea groups is 1. The standard InChI is InChI=1S/C22H31N3O4/c1-7-17-19(14(2)3)24(12-15-8-10-16(23)11-9-15)21(28)25(20(17)27)13-18(26)29-22(4,5)6/h7-11,14,19H,12-13,23H2,1-6H3/b17-7-. The Morgan fingerprint density at radius 1 is 1.21 bits per heavy atom. The van der Waals surface area contributed by atoms with Gasteiger partial charge in [0, 0.05) is 17.8 Å². The third-order valence-electron chi connectivity index (χ3n) is 4.61. The normalized spacial score (nSPS) is 19.3. The van der Waals surface area contributed by atoms with Crippen molar-refractivity contribution < 1.29 is 19.1 Å². The van der Waals surface area contributed by atoms with E-state index in [9.17, 15) is 14.4 Å². The van der Waals surface area contributed by atoms with E-state index >= 15 is 0 Å². The molecule has 1 unspecified atom stereocenters. The molecule has 1 saturated heterocycles. The number of carbonyl (C=O) groups excluding carboxylic acids is 3. The van der Waals surface area contributed by atoms with Crippen LogP contribution in [-0.2, 0) is 20.9 Å². The maximum absolute atomic E-state index is 13.3. The van der Waals surface area contributed by atoms with Crippen LogP contribution in [0.4, 0.5) is 10.5 Å². The number of ether oxygens (including phenoxy) is 1. The molecule has 0 aromatic heterocycles. The Bertz CT molecular complexity index is 806. The van der Waals surface area contributed by atoms with E-state index in [0.29, 0.717) is 17.8 Å². The van der Waals surface area contributed by atoms with E-state index in [4.69, 9.17) is 10.5 Å². The highest BCUT2D eigenvalue weighted by Gasteiger charge is 2.44. The number of amides is 3. The van der Waals surface area contributed by atoms with Crippen molar-refractivity contribution in [2.45, 2.75) is 59.7 Å². The smallest absolute Gasteiger partial charge is 0.328 e. The lowest BCUT2D eigenvalue weighted by atomic mass is 9.90. The van der Waals surface area contributed by atoms with E-state index in [-0.39, 0.29) is 12.0 Å². The first kappa shape index (κ1) is 22.5. The fourth-order valence-electron chi connectivity index (χ4n) is 3.45. The molecule has 1 aliphatic rings. The number of allylic oxidation sites excluding steroid dienone is 1.